The van der Waals surface area contributed by atoms with Gasteiger partial charge < -0.3 is 25.5 Å². The summed E-state index contributed by atoms with van der Waals surface area (Å²) in [4.78, 5) is 48.5. The third-order valence-electron chi connectivity index (χ3n) is 4.51. The smallest absolute Gasteiger partial charge is 0.325 e. The standard InChI is InChI=1S/C19H21N3O6S/c1-10-4-5-11-13(7-10)29-19(16(11)17(20)25)22-14(23)9-28-15(24)8-21-18(26)12-3-2-6-27-12/h2-3,6,10H,4-5,7-9H2,1H3,(H2,20,25)(H,21,26)(H,22,23)/t10-/m0/s1. The molecule has 2 heterocycles. The maximum atomic E-state index is 12.2. The van der Waals surface area contributed by atoms with Crippen molar-refractivity contribution in [3.63, 3.8) is 0 Å². The van der Waals surface area contributed by atoms with Crippen molar-refractivity contribution >= 4 is 40.0 Å². The van der Waals surface area contributed by atoms with Gasteiger partial charge in [-0.25, -0.2) is 0 Å². The molecule has 4 N–H and O–H groups in total. The Balaban J connectivity index is 1.52. The Hall–Kier alpha value is -3.14. The van der Waals surface area contributed by atoms with E-state index in [2.05, 4.69) is 17.6 Å². The lowest BCUT2D eigenvalue weighted by Crippen LogP contribution is -2.32. The summed E-state index contributed by atoms with van der Waals surface area (Å²) in [7, 11) is 0. The number of amides is 3. The van der Waals surface area contributed by atoms with Crippen LogP contribution in [0.2, 0.25) is 0 Å². The van der Waals surface area contributed by atoms with Crippen LogP contribution in [0.4, 0.5) is 5.00 Å². The highest BCUT2D eigenvalue weighted by Crippen LogP contribution is 2.39. The molecule has 0 fully saturated rings. The van der Waals surface area contributed by atoms with E-state index in [0.717, 1.165) is 29.7 Å². The van der Waals surface area contributed by atoms with Crippen LogP contribution in [0.5, 0.6) is 0 Å². The van der Waals surface area contributed by atoms with Crippen molar-refractivity contribution in [2.45, 2.75) is 26.2 Å². The third kappa shape index (κ3) is 5.02. The second-order valence-electron chi connectivity index (χ2n) is 6.79. The van der Waals surface area contributed by atoms with Gasteiger partial charge in [-0.15, -0.1) is 11.3 Å². The van der Waals surface area contributed by atoms with Gasteiger partial charge in [0, 0.05) is 4.88 Å². The molecule has 2 aromatic heterocycles. The number of rotatable bonds is 7. The van der Waals surface area contributed by atoms with Gasteiger partial charge in [0.15, 0.2) is 12.4 Å². The van der Waals surface area contributed by atoms with Crippen molar-refractivity contribution in [2.75, 3.05) is 18.5 Å². The van der Waals surface area contributed by atoms with Gasteiger partial charge in [-0.2, -0.15) is 0 Å². The summed E-state index contributed by atoms with van der Waals surface area (Å²) < 4.78 is 9.75. The van der Waals surface area contributed by atoms with Crippen LogP contribution in [0.1, 0.15) is 44.7 Å². The van der Waals surface area contributed by atoms with Crippen LogP contribution in [0.15, 0.2) is 22.8 Å². The van der Waals surface area contributed by atoms with Crippen LogP contribution in [0, 0.1) is 5.92 Å². The fourth-order valence-electron chi connectivity index (χ4n) is 3.11. The molecule has 0 aromatic carbocycles. The molecule has 1 aliphatic rings. The Morgan fingerprint density at radius 2 is 2.14 bits per heavy atom. The number of fused-ring (bicyclic) bond motifs is 1. The molecule has 9 nitrogen and oxygen atoms in total. The topological polar surface area (TPSA) is 141 Å². The highest BCUT2D eigenvalue weighted by molar-refractivity contribution is 7.17. The highest BCUT2D eigenvalue weighted by atomic mass is 32.1. The SMILES string of the molecule is C[C@H]1CCc2c(sc(NC(=O)COC(=O)CNC(=O)c3ccco3)c2C(N)=O)C1. The number of ether oxygens (including phenoxy) is 1. The molecule has 0 unspecified atom stereocenters. The van der Waals surface area contributed by atoms with E-state index in [1.54, 1.807) is 6.07 Å². The molecule has 0 aliphatic heterocycles. The number of anilines is 1. The number of nitrogens with one attached hydrogen (secondary N) is 2. The first-order valence-electron chi connectivity index (χ1n) is 9.06. The Bertz CT molecular complexity index is 934. The number of esters is 1. The normalized spacial score (nSPS) is 15.3. The molecule has 29 heavy (non-hydrogen) atoms. The minimum Gasteiger partial charge on any atom is -0.459 e. The molecule has 10 heteroatoms. The average Bonchev–Trinajstić information content (AvgIpc) is 3.31. The fourth-order valence-corrected chi connectivity index (χ4v) is 4.54. The van der Waals surface area contributed by atoms with Gasteiger partial charge in [0.25, 0.3) is 17.7 Å². The molecule has 3 amide bonds. The second-order valence-corrected chi connectivity index (χ2v) is 7.89. The van der Waals surface area contributed by atoms with Crippen LogP contribution in [-0.4, -0.2) is 36.8 Å². The first kappa shape index (κ1) is 20.6. The Morgan fingerprint density at radius 3 is 2.83 bits per heavy atom. The van der Waals surface area contributed by atoms with E-state index in [4.69, 9.17) is 14.9 Å². The number of hydrogen-bond acceptors (Lipinski definition) is 7. The predicted molar refractivity (Wildman–Crippen MR) is 105 cm³/mol. The molecule has 3 rings (SSSR count). The molecular formula is C19H21N3O6S. The first-order valence-corrected chi connectivity index (χ1v) is 9.88. The number of carbonyl (C=O) groups excluding carboxylic acids is 4. The summed E-state index contributed by atoms with van der Waals surface area (Å²) in [6.07, 6.45) is 3.87. The minimum atomic E-state index is -0.783. The monoisotopic (exact) mass is 419 g/mol. The van der Waals surface area contributed by atoms with Crippen molar-refractivity contribution in [3.8, 4) is 0 Å². The summed E-state index contributed by atoms with van der Waals surface area (Å²) in [5.41, 5.74) is 6.74. The van der Waals surface area contributed by atoms with Gasteiger partial charge in [0.2, 0.25) is 0 Å². The Kier molecular flexibility index (Phi) is 6.32. The second kappa shape index (κ2) is 8.91. The van der Waals surface area contributed by atoms with E-state index in [9.17, 15) is 19.2 Å². The molecule has 154 valence electrons. The van der Waals surface area contributed by atoms with Gasteiger partial charge in [0.1, 0.15) is 11.5 Å². The van der Waals surface area contributed by atoms with Gasteiger partial charge >= 0.3 is 5.97 Å². The van der Waals surface area contributed by atoms with Crippen molar-refractivity contribution in [1.29, 1.82) is 0 Å². The number of nitrogens with two attached hydrogens (primary N) is 1. The summed E-state index contributed by atoms with van der Waals surface area (Å²) >= 11 is 1.33. The van der Waals surface area contributed by atoms with Crippen LogP contribution in [0.25, 0.3) is 0 Å². The average molecular weight is 419 g/mol. The zero-order chi connectivity index (χ0) is 21.0. The summed E-state index contributed by atoms with van der Waals surface area (Å²) in [6.45, 7) is 1.17. The van der Waals surface area contributed by atoms with Gasteiger partial charge in [-0.05, 0) is 42.9 Å². The van der Waals surface area contributed by atoms with Crippen LogP contribution < -0.4 is 16.4 Å². The molecule has 0 saturated carbocycles. The zero-order valence-corrected chi connectivity index (χ0v) is 16.6. The van der Waals surface area contributed by atoms with Crippen LogP contribution in [-0.2, 0) is 27.2 Å². The van der Waals surface area contributed by atoms with Crippen molar-refractivity contribution in [1.82, 2.24) is 5.32 Å². The van der Waals surface area contributed by atoms with Gasteiger partial charge in [-0.1, -0.05) is 6.92 Å². The Labute approximate surface area is 170 Å². The van der Waals surface area contributed by atoms with Crippen LogP contribution >= 0.6 is 11.3 Å². The lowest BCUT2D eigenvalue weighted by atomic mass is 9.88. The minimum absolute atomic E-state index is 0.0607. The number of thiophene rings is 1. The number of furan rings is 1. The van der Waals surface area contributed by atoms with Crippen molar-refractivity contribution in [2.24, 2.45) is 11.7 Å². The third-order valence-corrected chi connectivity index (χ3v) is 5.68. The van der Waals surface area contributed by atoms with E-state index in [1.165, 1.54) is 23.7 Å². The molecular weight excluding hydrogens is 398 g/mol. The van der Waals surface area contributed by atoms with E-state index >= 15 is 0 Å². The molecule has 0 saturated heterocycles. The molecule has 0 spiro atoms. The highest BCUT2D eigenvalue weighted by Gasteiger charge is 2.27. The van der Waals surface area contributed by atoms with Crippen LogP contribution in [0.3, 0.4) is 0 Å². The number of hydrogen-bond donors (Lipinski definition) is 3. The largest absolute Gasteiger partial charge is 0.459 e. The quantitative estimate of drug-likeness (QED) is 0.581. The maximum Gasteiger partial charge on any atom is 0.325 e. The summed E-state index contributed by atoms with van der Waals surface area (Å²) in [5.74, 6) is -1.97. The molecule has 1 atom stereocenters. The summed E-state index contributed by atoms with van der Waals surface area (Å²) in [6, 6.07) is 2.99. The molecule has 1 aliphatic carbocycles. The zero-order valence-electron chi connectivity index (χ0n) is 15.8. The molecule has 0 bridgehead atoms. The summed E-state index contributed by atoms with van der Waals surface area (Å²) in [5, 5.41) is 5.31. The predicted octanol–water partition coefficient (Wildman–Crippen LogP) is 1.48. The Morgan fingerprint density at radius 1 is 1.34 bits per heavy atom. The van der Waals surface area contributed by atoms with E-state index in [1.807, 2.05) is 0 Å². The lowest BCUT2D eigenvalue weighted by Gasteiger charge is -2.18. The fraction of sp³-hybridized carbons (Fsp3) is 0.368. The first-order chi connectivity index (χ1) is 13.8. The van der Waals surface area contributed by atoms with Gasteiger partial charge in [-0.3, -0.25) is 19.2 Å². The van der Waals surface area contributed by atoms with E-state index in [0.29, 0.717) is 16.5 Å². The van der Waals surface area contributed by atoms with Crippen molar-refractivity contribution in [3.05, 3.63) is 40.2 Å². The van der Waals surface area contributed by atoms with E-state index in [-0.39, 0.29) is 5.76 Å². The maximum absolute atomic E-state index is 12.2. The number of carbonyl (C=O) groups is 4. The molecule has 2 aromatic rings. The molecule has 0 radical (unpaired) electrons. The number of primary amides is 1. The lowest BCUT2D eigenvalue weighted by molar-refractivity contribution is -0.146. The van der Waals surface area contributed by atoms with Crippen molar-refractivity contribution < 1.29 is 28.3 Å². The van der Waals surface area contributed by atoms with E-state index < -0.39 is 36.8 Å². The van der Waals surface area contributed by atoms with Gasteiger partial charge in [0.05, 0.1) is 11.8 Å².